The molecule has 0 aliphatic heterocycles. The zero-order valence-corrected chi connectivity index (χ0v) is 14.5. The van der Waals surface area contributed by atoms with E-state index in [1.165, 1.54) is 0 Å². The first kappa shape index (κ1) is 18.2. The molecule has 0 saturated carbocycles. The van der Waals surface area contributed by atoms with Gasteiger partial charge >= 0.3 is 0 Å². The highest BCUT2D eigenvalue weighted by Crippen LogP contribution is 2.30. The van der Waals surface area contributed by atoms with Gasteiger partial charge in [-0.3, -0.25) is 0 Å². The normalized spacial score (nSPS) is 24.0. The van der Waals surface area contributed by atoms with Crippen molar-refractivity contribution in [2.75, 3.05) is 13.2 Å². The molecule has 1 aliphatic rings. The van der Waals surface area contributed by atoms with E-state index in [0.717, 1.165) is 11.1 Å². The van der Waals surface area contributed by atoms with Crippen LogP contribution in [0.25, 0.3) is 0 Å². The molecule has 130 valence electrons. The van der Waals surface area contributed by atoms with Crippen molar-refractivity contribution >= 4 is 0 Å². The van der Waals surface area contributed by atoms with Gasteiger partial charge in [0, 0.05) is 30.5 Å². The van der Waals surface area contributed by atoms with Crippen molar-refractivity contribution in [2.45, 2.75) is 63.9 Å². The lowest BCUT2D eigenvalue weighted by molar-refractivity contribution is 0.00340. The van der Waals surface area contributed by atoms with E-state index in [9.17, 15) is 15.3 Å². The molecule has 4 N–H and O–H groups in total. The Balaban J connectivity index is 2.03. The molecule has 0 bridgehead atoms. The first-order chi connectivity index (χ1) is 10.6. The van der Waals surface area contributed by atoms with Crippen LogP contribution in [0.2, 0.25) is 0 Å². The second-order valence-electron chi connectivity index (χ2n) is 7.83. The van der Waals surface area contributed by atoms with E-state index in [2.05, 4.69) is 5.32 Å². The van der Waals surface area contributed by atoms with E-state index in [0.29, 0.717) is 25.1 Å². The SMILES string of the molecule is CC(O)(CNC(C)(C)C)COc1cccc2c1C[C@H](O)[C@H](O)C2. The number of aliphatic hydroxyl groups is 3. The van der Waals surface area contributed by atoms with Crippen LogP contribution in [0, 0.1) is 0 Å². The molecule has 0 aromatic heterocycles. The zero-order valence-electron chi connectivity index (χ0n) is 14.5. The van der Waals surface area contributed by atoms with Gasteiger partial charge in [0.1, 0.15) is 18.0 Å². The summed E-state index contributed by atoms with van der Waals surface area (Å²) in [5, 5.41) is 33.4. The van der Waals surface area contributed by atoms with E-state index in [-0.39, 0.29) is 12.1 Å². The van der Waals surface area contributed by atoms with Crippen LogP contribution in [-0.2, 0) is 12.8 Å². The molecule has 2 rings (SSSR count). The minimum atomic E-state index is -0.997. The number of β-amino-alcohol motifs (C(OH)–C–C–N with tert-alkyl or cyclic N) is 1. The Morgan fingerprint density at radius 2 is 1.78 bits per heavy atom. The summed E-state index contributed by atoms with van der Waals surface area (Å²) >= 11 is 0. The summed E-state index contributed by atoms with van der Waals surface area (Å²) in [7, 11) is 0. The lowest BCUT2D eigenvalue weighted by Crippen LogP contribution is -2.49. The topological polar surface area (TPSA) is 82.0 Å². The van der Waals surface area contributed by atoms with Gasteiger partial charge in [-0.2, -0.15) is 0 Å². The third-order valence-corrected chi connectivity index (χ3v) is 4.05. The summed E-state index contributed by atoms with van der Waals surface area (Å²) in [6.45, 7) is 8.45. The zero-order chi connectivity index (χ0) is 17.3. The average molecular weight is 323 g/mol. The van der Waals surface area contributed by atoms with Crippen molar-refractivity contribution in [1.82, 2.24) is 5.32 Å². The smallest absolute Gasteiger partial charge is 0.123 e. The second-order valence-corrected chi connectivity index (χ2v) is 7.83. The standard InChI is InChI=1S/C18H29NO4/c1-17(2,3)19-10-18(4,22)11-23-16-7-5-6-12-8-14(20)15(21)9-13(12)16/h5-7,14-15,19-22H,8-11H2,1-4H3/t14-,15+,18?/m1/s1. The monoisotopic (exact) mass is 323 g/mol. The van der Waals surface area contributed by atoms with Gasteiger partial charge in [-0.25, -0.2) is 0 Å². The van der Waals surface area contributed by atoms with Crippen molar-refractivity contribution < 1.29 is 20.1 Å². The van der Waals surface area contributed by atoms with Gasteiger partial charge in [0.25, 0.3) is 0 Å². The molecule has 3 atom stereocenters. The molecular weight excluding hydrogens is 294 g/mol. The van der Waals surface area contributed by atoms with Crippen LogP contribution in [-0.4, -0.2) is 51.8 Å². The lowest BCUT2D eigenvalue weighted by atomic mass is 9.87. The van der Waals surface area contributed by atoms with E-state index >= 15 is 0 Å². The Hall–Kier alpha value is -1.14. The number of rotatable bonds is 5. The molecule has 0 radical (unpaired) electrons. The van der Waals surface area contributed by atoms with Gasteiger partial charge in [0.15, 0.2) is 0 Å². The van der Waals surface area contributed by atoms with Gasteiger partial charge in [-0.15, -0.1) is 0 Å². The summed E-state index contributed by atoms with van der Waals surface area (Å²) in [4.78, 5) is 0. The fourth-order valence-electron chi connectivity index (χ4n) is 2.62. The quantitative estimate of drug-likeness (QED) is 0.650. The number of fused-ring (bicyclic) bond motifs is 1. The minimum Gasteiger partial charge on any atom is -0.490 e. The maximum atomic E-state index is 10.5. The number of benzene rings is 1. The van der Waals surface area contributed by atoms with Crippen molar-refractivity contribution in [3.8, 4) is 5.75 Å². The third kappa shape index (κ3) is 5.18. The molecule has 0 amide bonds. The Bertz CT molecular complexity index is 536. The van der Waals surface area contributed by atoms with Crippen LogP contribution < -0.4 is 10.1 Å². The third-order valence-electron chi connectivity index (χ3n) is 4.05. The number of hydrogen-bond acceptors (Lipinski definition) is 5. The fourth-order valence-corrected chi connectivity index (χ4v) is 2.62. The van der Waals surface area contributed by atoms with Crippen LogP contribution in [0.5, 0.6) is 5.75 Å². The molecule has 1 aromatic carbocycles. The van der Waals surface area contributed by atoms with E-state index < -0.39 is 17.8 Å². The van der Waals surface area contributed by atoms with E-state index in [1.807, 2.05) is 39.0 Å². The van der Waals surface area contributed by atoms with Crippen LogP contribution >= 0.6 is 0 Å². The molecule has 0 saturated heterocycles. The van der Waals surface area contributed by atoms with Crippen molar-refractivity contribution in [3.05, 3.63) is 29.3 Å². The Morgan fingerprint density at radius 1 is 1.13 bits per heavy atom. The highest BCUT2D eigenvalue weighted by Gasteiger charge is 2.29. The maximum Gasteiger partial charge on any atom is 0.123 e. The Kier molecular flexibility index (Phi) is 5.36. The molecule has 5 nitrogen and oxygen atoms in total. The first-order valence-corrected chi connectivity index (χ1v) is 8.14. The molecule has 1 aliphatic carbocycles. The molecule has 0 heterocycles. The summed E-state index contributed by atoms with van der Waals surface area (Å²) in [5.74, 6) is 0.671. The number of hydrogen-bond donors (Lipinski definition) is 4. The molecule has 23 heavy (non-hydrogen) atoms. The molecule has 0 spiro atoms. The molecule has 1 aromatic rings. The number of nitrogens with one attached hydrogen (secondary N) is 1. The minimum absolute atomic E-state index is 0.0733. The van der Waals surface area contributed by atoms with Crippen molar-refractivity contribution in [1.29, 1.82) is 0 Å². The highest BCUT2D eigenvalue weighted by atomic mass is 16.5. The van der Waals surface area contributed by atoms with Crippen LogP contribution in [0.3, 0.4) is 0 Å². The van der Waals surface area contributed by atoms with E-state index in [4.69, 9.17) is 4.74 Å². The second kappa shape index (κ2) is 6.77. The van der Waals surface area contributed by atoms with Gasteiger partial charge in [-0.1, -0.05) is 12.1 Å². The number of aliphatic hydroxyl groups excluding tert-OH is 2. The van der Waals surface area contributed by atoms with Gasteiger partial charge < -0.3 is 25.4 Å². The molecule has 1 unspecified atom stereocenters. The largest absolute Gasteiger partial charge is 0.490 e. The van der Waals surface area contributed by atoms with Gasteiger partial charge in [0.2, 0.25) is 0 Å². The predicted octanol–water partition coefficient (Wildman–Crippen LogP) is 1.02. The maximum absolute atomic E-state index is 10.5. The molecule has 5 heteroatoms. The van der Waals surface area contributed by atoms with E-state index in [1.54, 1.807) is 6.92 Å². The van der Waals surface area contributed by atoms with Crippen LogP contribution in [0.15, 0.2) is 18.2 Å². The Labute approximate surface area is 138 Å². The Morgan fingerprint density at radius 3 is 2.43 bits per heavy atom. The average Bonchev–Trinajstić information content (AvgIpc) is 2.44. The lowest BCUT2D eigenvalue weighted by Gasteiger charge is -2.31. The predicted molar refractivity (Wildman–Crippen MR) is 89.7 cm³/mol. The van der Waals surface area contributed by atoms with Crippen molar-refractivity contribution in [2.24, 2.45) is 0 Å². The van der Waals surface area contributed by atoms with Gasteiger partial charge in [0.05, 0.1) is 12.2 Å². The summed E-state index contributed by atoms with van der Waals surface area (Å²) in [5.41, 5.74) is 0.844. The van der Waals surface area contributed by atoms with Gasteiger partial charge in [-0.05, 0) is 39.3 Å². The van der Waals surface area contributed by atoms with Crippen molar-refractivity contribution in [3.63, 3.8) is 0 Å². The highest BCUT2D eigenvalue weighted by molar-refractivity contribution is 5.43. The number of ether oxygens (including phenoxy) is 1. The fraction of sp³-hybridized carbons (Fsp3) is 0.667. The van der Waals surface area contributed by atoms with Crippen LogP contribution in [0.1, 0.15) is 38.8 Å². The summed E-state index contributed by atoms with van der Waals surface area (Å²) in [6.07, 6.45) is -0.697. The summed E-state index contributed by atoms with van der Waals surface area (Å²) in [6, 6.07) is 5.66. The van der Waals surface area contributed by atoms with Crippen LogP contribution in [0.4, 0.5) is 0 Å². The molecular formula is C18H29NO4. The first-order valence-electron chi connectivity index (χ1n) is 8.14. The summed E-state index contributed by atoms with van der Waals surface area (Å²) < 4.78 is 5.84. The molecule has 0 fully saturated rings.